The first-order valence-corrected chi connectivity index (χ1v) is 4.16. The summed E-state index contributed by atoms with van der Waals surface area (Å²) in [4.78, 5) is 4.13. The van der Waals surface area contributed by atoms with Gasteiger partial charge in [0.15, 0.2) is 0 Å². The Kier molecular flexibility index (Phi) is 1.92. The van der Waals surface area contributed by atoms with Crippen molar-refractivity contribution in [3.63, 3.8) is 0 Å². The van der Waals surface area contributed by atoms with Gasteiger partial charge < -0.3 is 5.11 Å². The summed E-state index contributed by atoms with van der Waals surface area (Å²) < 4.78 is 0. The lowest BCUT2D eigenvalue weighted by Crippen LogP contribution is -1.94. The van der Waals surface area contributed by atoms with Crippen LogP contribution in [0.5, 0.6) is 0 Å². The Morgan fingerprint density at radius 3 is 2.58 bits per heavy atom. The average molecular weight is 161 g/mol. The summed E-state index contributed by atoms with van der Waals surface area (Å²) in [6, 6.07) is 10.0. The van der Waals surface area contributed by atoms with Gasteiger partial charge in [-0.2, -0.15) is 0 Å². The van der Waals surface area contributed by atoms with Gasteiger partial charge >= 0.3 is 0 Å². The van der Waals surface area contributed by atoms with Crippen LogP contribution in [0.4, 0.5) is 0 Å². The van der Waals surface area contributed by atoms with E-state index in [9.17, 15) is 5.11 Å². The smallest absolute Gasteiger partial charge is 0.145 e. The lowest BCUT2D eigenvalue weighted by molar-refractivity contribution is 0.186. The number of hydrogen-bond donors (Lipinski definition) is 1. The standard InChI is InChI=1S/C10H11NO/c12-10-7-6-9(11-10)8-4-2-1-3-5-8/h1-5,10,12H,6-7H2. The van der Waals surface area contributed by atoms with Gasteiger partial charge in [-0.1, -0.05) is 30.3 Å². The number of hydrogen-bond acceptors (Lipinski definition) is 2. The summed E-state index contributed by atoms with van der Waals surface area (Å²) in [6.45, 7) is 0. The molecule has 1 N–H and O–H groups in total. The Balaban J connectivity index is 2.27. The first kappa shape index (κ1) is 7.50. The second-order valence-corrected chi connectivity index (χ2v) is 2.96. The van der Waals surface area contributed by atoms with Crippen molar-refractivity contribution in [3.8, 4) is 0 Å². The predicted octanol–water partition coefficient (Wildman–Crippen LogP) is 1.59. The highest BCUT2D eigenvalue weighted by molar-refractivity contribution is 6.01. The molecule has 1 aliphatic heterocycles. The molecule has 0 radical (unpaired) electrons. The molecule has 0 amide bonds. The lowest BCUT2D eigenvalue weighted by atomic mass is 10.1. The SMILES string of the molecule is OC1CCC(c2ccccc2)=N1. The minimum Gasteiger partial charge on any atom is -0.372 e. The van der Waals surface area contributed by atoms with Gasteiger partial charge in [-0.15, -0.1) is 0 Å². The molecule has 1 aromatic carbocycles. The maximum absolute atomic E-state index is 9.17. The number of benzene rings is 1. The van der Waals surface area contributed by atoms with Gasteiger partial charge in [0.1, 0.15) is 6.23 Å². The maximum atomic E-state index is 9.17. The molecule has 1 atom stereocenters. The average Bonchev–Trinajstić information content (AvgIpc) is 2.54. The van der Waals surface area contributed by atoms with Gasteiger partial charge in [0.25, 0.3) is 0 Å². The number of nitrogens with zero attached hydrogens (tertiary/aromatic N) is 1. The van der Waals surface area contributed by atoms with E-state index in [1.165, 1.54) is 0 Å². The molecule has 1 heterocycles. The maximum Gasteiger partial charge on any atom is 0.145 e. The fourth-order valence-electron chi connectivity index (χ4n) is 1.42. The largest absolute Gasteiger partial charge is 0.372 e. The van der Waals surface area contributed by atoms with Crippen LogP contribution in [0.2, 0.25) is 0 Å². The number of rotatable bonds is 1. The normalized spacial score (nSPS) is 22.4. The molecule has 0 aliphatic carbocycles. The van der Waals surface area contributed by atoms with E-state index in [2.05, 4.69) is 4.99 Å². The Morgan fingerprint density at radius 2 is 2.00 bits per heavy atom. The second-order valence-electron chi connectivity index (χ2n) is 2.96. The Hall–Kier alpha value is -1.15. The second kappa shape index (κ2) is 3.07. The zero-order valence-electron chi connectivity index (χ0n) is 6.77. The molecular formula is C10H11NO. The third kappa shape index (κ3) is 1.38. The van der Waals surface area contributed by atoms with E-state index in [0.29, 0.717) is 0 Å². The van der Waals surface area contributed by atoms with Crippen molar-refractivity contribution in [1.82, 2.24) is 0 Å². The van der Waals surface area contributed by atoms with Gasteiger partial charge in [-0.25, -0.2) is 0 Å². The van der Waals surface area contributed by atoms with Crippen LogP contribution in [0.15, 0.2) is 35.3 Å². The highest BCUT2D eigenvalue weighted by atomic mass is 16.3. The van der Waals surface area contributed by atoms with Crippen LogP contribution in [0.1, 0.15) is 18.4 Å². The molecule has 2 rings (SSSR count). The van der Waals surface area contributed by atoms with Crippen LogP contribution in [0, 0.1) is 0 Å². The van der Waals surface area contributed by atoms with E-state index in [-0.39, 0.29) is 0 Å². The van der Waals surface area contributed by atoms with Gasteiger partial charge in [-0.3, -0.25) is 4.99 Å². The summed E-state index contributed by atoms with van der Waals surface area (Å²) in [5.74, 6) is 0. The highest BCUT2D eigenvalue weighted by Crippen LogP contribution is 2.16. The molecule has 0 bridgehead atoms. The molecule has 0 saturated carbocycles. The van der Waals surface area contributed by atoms with Gasteiger partial charge in [0.2, 0.25) is 0 Å². The van der Waals surface area contributed by atoms with Gasteiger partial charge in [0, 0.05) is 5.71 Å². The third-order valence-corrected chi connectivity index (χ3v) is 2.05. The molecule has 2 nitrogen and oxygen atoms in total. The molecule has 12 heavy (non-hydrogen) atoms. The van der Waals surface area contributed by atoms with Crippen LogP contribution in [0.25, 0.3) is 0 Å². The van der Waals surface area contributed by atoms with Crippen molar-refractivity contribution in [2.75, 3.05) is 0 Å². The Labute approximate surface area is 71.6 Å². The topological polar surface area (TPSA) is 32.6 Å². The first-order valence-electron chi connectivity index (χ1n) is 4.16. The van der Waals surface area contributed by atoms with Gasteiger partial charge in [-0.05, 0) is 18.4 Å². The van der Waals surface area contributed by atoms with E-state index >= 15 is 0 Å². The minimum atomic E-state index is -0.472. The quantitative estimate of drug-likeness (QED) is 0.666. The lowest BCUT2D eigenvalue weighted by Gasteiger charge is -1.97. The van der Waals surface area contributed by atoms with Crippen LogP contribution in [-0.4, -0.2) is 17.0 Å². The first-order chi connectivity index (χ1) is 5.86. The molecular weight excluding hydrogens is 150 g/mol. The number of aliphatic imine (C=N–C) groups is 1. The van der Waals surface area contributed by atoms with Crippen LogP contribution < -0.4 is 0 Å². The summed E-state index contributed by atoms with van der Waals surface area (Å²) in [6.07, 6.45) is 1.19. The molecule has 1 aromatic rings. The molecule has 2 heteroatoms. The van der Waals surface area contributed by atoms with Crippen molar-refractivity contribution in [1.29, 1.82) is 0 Å². The van der Waals surface area contributed by atoms with Crippen molar-refractivity contribution in [2.24, 2.45) is 4.99 Å². The summed E-state index contributed by atoms with van der Waals surface area (Å²) in [7, 11) is 0. The number of aliphatic hydroxyl groups excluding tert-OH is 1. The Morgan fingerprint density at radius 1 is 1.25 bits per heavy atom. The summed E-state index contributed by atoms with van der Waals surface area (Å²) >= 11 is 0. The van der Waals surface area contributed by atoms with Crippen molar-refractivity contribution in [2.45, 2.75) is 19.1 Å². The third-order valence-electron chi connectivity index (χ3n) is 2.05. The van der Waals surface area contributed by atoms with E-state index in [1.54, 1.807) is 0 Å². The van der Waals surface area contributed by atoms with E-state index < -0.39 is 6.23 Å². The molecule has 62 valence electrons. The van der Waals surface area contributed by atoms with Crippen molar-refractivity contribution >= 4 is 5.71 Å². The van der Waals surface area contributed by atoms with Crippen LogP contribution in [0.3, 0.4) is 0 Å². The summed E-state index contributed by atoms with van der Waals surface area (Å²) in [5, 5.41) is 9.17. The van der Waals surface area contributed by atoms with Crippen LogP contribution >= 0.6 is 0 Å². The molecule has 0 spiro atoms. The Bertz CT molecular complexity index is 292. The molecule has 0 aromatic heterocycles. The summed E-state index contributed by atoms with van der Waals surface area (Å²) in [5.41, 5.74) is 2.16. The highest BCUT2D eigenvalue weighted by Gasteiger charge is 2.14. The fraction of sp³-hybridized carbons (Fsp3) is 0.300. The zero-order valence-corrected chi connectivity index (χ0v) is 6.77. The van der Waals surface area contributed by atoms with Crippen LogP contribution in [-0.2, 0) is 0 Å². The predicted molar refractivity (Wildman–Crippen MR) is 48.2 cm³/mol. The monoisotopic (exact) mass is 161 g/mol. The minimum absolute atomic E-state index is 0.472. The fourth-order valence-corrected chi connectivity index (χ4v) is 1.42. The molecule has 1 unspecified atom stereocenters. The van der Waals surface area contributed by atoms with Crippen molar-refractivity contribution < 1.29 is 5.11 Å². The van der Waals surface area contributed by atoms with E-state index in [1.807, 2.05) is 30.3 Å². The molecule has 1 aliphatic rings. The van der Waals surface area contributed by atoms with Crippen molar-refractivity contribution in [3.05, 3.63) is 35.9 Å². The van der Waals surface area contributed by atoms with E-state index in [0.717, 1.165) is 24.1 Å². The molecule has 0 fully saturated rings. The number of aliphatic hydroxyl groups is 1. The molecule has 0 saturated heterocycles. The van der Waals surface area contributed by atoms with E-state index in [4.69, 9.17) is 0 Å². The van der Waals surface area contributed by atoms with Gasteiger partial charge in [0.05, 0.1) is 0 Å². The zero-order chi connectivity index (χ0) is 8.39.